The smallest absolute Gasteiger partial charge is 0.144 e. The Hall–Kier alpha value is -1.42. The molecule has 0 aliphatic carbocycles. The first kappa shape index (κ1) is 14.6. The van der Waals surface area contributed by atoms with Crippen LogP contribution in [0, 0.1) is 0 Å². The van der Waals surface area contributed by atoms with Crippen LogP contribution in [0.4, 0.5) is 11.4 Å². The summed E-state index contributed by atoms with van der Waals surface area (Å²) in [6.45, 7) is 5.93. The molecular weight excluding hydrogens is 226 g/mol. The van der Waals surface area contributed by atoms with Crippen molar-refractivity contribution in [2.24, 2.45) is 0 Å². The highest BCUT2D eigenvalue weighted by atomic mass is 16.5. The number of nitrogens with two attached hydrogens (primary N) is 1. The van der Waals surface area contributed by atoms with Gasteiger partial charge in [-0.05, 0) is 40.1 Å². The molecular formula is C14H25N3O. The number of para-hydroxylation sites is 1. The lowest BCUT2D eigenvalue weighted by Crippen LogP contribution is -2.29. The first-order valence-corrected chi connectivity index (χ1v) is 6.32. The Kier molecular flexibility index (Phi) is 5.28. The second-order valence-electron chi connectivity index (χ2n) is 5.08. The Morgan fingerprint density at radius 2 is 1.83 bits per heavy atom. The maximum atomic E-state index is 6.16. The highest BCUT2D eigenvalue weighted by molar-refractivity contribution is 5.73. The van der Waals surface area contributed by atoms with E-state index in [-0.39, 0.29) is 6.10 Å². The summed E-state index contributed by atoms with van der Waals surface area (Å²) in [6, 6.07) is 5.92. The van der Waals surface area contributed by atoms with Crippen molar-refractivity contribution in [1.82, 2.24) is 4.90 Å². The zero-order chi connectivity index (χ0) is 13.7. The summed E-state index contributed by atoms with van der Waals surface area (Å²) in [5, 5.41) is 0. The van der Waals surface area contributed by atoms with Gasteiger partial charge in [0.1, 0.15) is 5.75 Å². The second-order valence-corrected chi connectivity index (χ2v) is 5.08. The molecule has 1 aromatic rings. The van der Waals surface area contributed by atoms with E-state index in [0.717, 1.165) is 24.5 Å². The molecule has 4 heteroatoms. The maximum Gasteiger partial charge on any atom is 0.144 e. The topological polar surface area (TPSA) is 41.7 Å². The average molecular weight is 251 g/mol. The Balaban J connectivity index is 2.82. The SMILES string of the molecule is CC(C)Oc1cccc(N(C)CCN(C)C)c1N. The van der Waals surface area contributed by atoms with Crippen molar-refractivity contribution in [1.29, 1.82) is 0 Å². The molecule has 0 atom stereocenters. The zero-order valence-electron chi connectivity index (χ0n) is 12.1. The monoisotopic (exact) mass is 251 g/mol. The van der Waals surface area contributed by atoms with Gasteiger partial charge in [-0.3, -0.25) is 0 Å². The molecule has 1 aromatic carbocycles. The molecule has 0 unspecified atom stereocenters. The predicted octanol–water partition coefficient (Wildman–Crippen LogP) is 2.05. The number of hydrogen-bond acceptors (Lipinski definition) is 4. The molecule has 0 saturated carbocycles. The van der Waals surface area contributed by atoms with Crippen LogP contribution in [-0.4, -0.2) is 45.2 Å². The largest absolute Gasteiger partial charge is 0.489 e. The van der Waals surface area contributed by atoms with E-state index in [1.807, 2.05) is 39.1 Å². The molecule has 0 bridgehead atoms. The molecule has 1 rings (SSSR count). The van der Waals surface area contributed by atoms with E-state index in [4.69, 9.17) is 10.5 Å². The van der Waals surface area contributed by atoms with Crippen LogP contribution in [0.2, 0.25) is 0 Å². The Bertz CT molecular complexity index is 377. The van der Waals surface area contributed by atoms with Gasteiger partial charge in [0.25, 0.3) is 0 Å². The Morgan fingerprint density at radius 1 is 1.17 bits per heavy atom. The van der Waals surface area contributed by atoms with Gasteiger partial charge in [-0.15, -0.1) is 0 Å². The fourth-order valence-corrected chi connectivity index (χ4v) is 1.69. The van der Waals surface area contributed by atoms with E-state index < -0.39 is 0 Å². The van der Waals surface area contributed by atoms with Crippen molar-refractivity contribution >= 4 is 11.4 Å². The summed E-state index contributed by atoms with van der Waals surface area (Å²) < 4.78 is 5.70. The van der Waals surface area contributed by atoms with Crippen molar-refractivity contribution in [3.8, 4) is 5.75 Å². The predicted molar refractivity (Wildman–Crippen MR) is 78.4 cm³/mol. The third-order valence-corrected chi connectivity index (χ3v) is 2.70. The second kappa shape index (κ2) is 6.50. The fraction of sp³-hybridized carbons (Fsp3) is 0.571. The molecule has 4 nitrogen and oxygen atoms in total. The van der Waals surface area contributed by atoms with Crippen LogP contribution in [-0.2, 0) is 0 Å². The molecule has 0 amide bonds. The van der Waals surface area contributed by atoms with Gasteiger partial charge < -0.3 is 20.3 Å². The molecule has 0 heterocycles. The lowest BCUT2D eigenvalue weighted by atomic mass is 10.2. The summed E-state index contributed by atoms with van der Waals surface area (Å²) in [4.78, 5) is 4.31. The van der Waals surface area contributed by atoms with E-state index in [2.05, 4.69) is 23.9 Å². The minimum atomic E-state index is 0.134. The maximum absolute atomic E-state index is 6.16. The highest BCUT2D eigenvalue weighted by Crippen LogP contribution is 2.32. The van der Waals surface area contributed by atoms with E-state index in [9.17, 15) is 0 Å². The average Bonchev–Trinajstić information content (AvgIpc) is 2.28. The number of nitrogen functional groups attached to an aromatic ring is 1. The minimum absolute atomic E-state index is 0.134. The molecule has 0 fully saturated rings. The molecule has 0 spiro atoms. The number of likely N-dealkylation sites (N-methyl/N-ethyl adjacent to an activating group) is 2. The van der Waals surface area contributed by atoms with Gasteiger partial charge >= 0.3 is 0 Å². The summed E-state index contributed by atoms with van der Waals surface area (Å²) in [5.41, 5.74) is 7.90. The number of anilines is 2. The van der Waals surface area contributed by atoms with Gasteiger partial charge in [-0.2, -0.15) is 0 Å². The van der Waals surface area contributed by atoms with Crippen molar-refractivity contribution < 1.29 is 4.74 Å². The number of benzene rings is 1. The summed E-state index contributed by atoms with van der Waals surface area (Å²) in [5.74, 6) is 0.763. The molecule has 0 aromatic heterocycles. The van der Waals surface area contributed by atoms with E-state index in [1.54, 1.807) is 0 Å². The van der Waals surface area contributed by atoms with Crippen LogP contribution in [0.5, 0.6) is 5.75 Å². The molecule has 18 heavy (non-hydrogen) atoms. The highest BCUT2D eigenvalue weighted by Gasteiger charge is 2.11. The van der Waals surface area contributed by atoms with E-state index >= 15 is 0 Å². The van der Waals surface area contributed by atoms with Crippen molar-refractivity contribution in [3.63, 3.8) is 0 Å². The third-order valence-electron chi connectivity index (χ3n) is 2.70. The van der Waals surface area contributed by atoms with Crippen LogP contribution in [0.15, 0.2) is 18.2 Å². The molecule has 0 aliphatic heterocycles. The van der Waals surface area contributed by atoms with Gasteiger partial charge in [0.05, 0.1) is 17.5 Å². The first-order valence-electron chi connectivity index (χ1n) is 6.32. The standard InChI is InChI=1S/C14H25N3O/c1-11(2)18-13-8-6-7-12(14(13)15)17(5)10-9-16(3)4/h6-8,11H,9-10,15H2,1-5H3. The van der Waals surface area contributed by atoms with Gasteiger partial charge in [-0.25, -0.2) is 0 Å². The summed E-state index contributed by atoms with van der Waals surface area (Å²) >= 11 is 0. The van der Waals surface area contributed by atoms with Crippen molar-refractivity contribution in [2.45, 2.75) is 20.0 Å². The normalized spacial score (nSPS) is 11.1. The van der Waals surface area contributed by atoms with Crippen molar-refractivity contribution in [2.75, 3.05) is 44.9 Å². The Morgan fingerprint density at radius 3 is 2.39 bits per heavy atom. The molecule has 2 N–H and O–H groups in total. The summed E-state index contributed by atoms with van der Waals surface area (Å²) in [7, 11) is 6.18. The number of ether oxygens (including phenoxy) is 1. The Labute approximate surface area is 110 Å². The fourth-order valence-electron chi connectivity index (χ4n) is 1.69. The molecule has 0 aliphatic rings. The third kappa shape index (κ3) is 4.11. The molecule has 0 saturated heterocycles. The summed E-state index contributed by atoms with van der Waals surface area (Å²) in [6.07, 6.45) is 0.134. The quantitative estimate of drug-likeness (QED) is 0.786. The van der Waals surface area contributed by atoms with Crippen molar-refractivity contribution in [3.05, 3.63) is 18.2 Å². The van der Waals surface area contributed by atoms with Gasteiger partial charge in [0.15, 0.2) is 0 Å². The lowest BCUT2D eigenvalue weighted by Gasteiger charge is -2.24. The van der Waals surface area contributed by atoms with Gasteiger partial charge in [0, 0.05) is 20.1 Å². The minimum Gasteiger partial charge on any atom is -0.489 e. The zero-order valence-corrected chi connectivity index (χ0v) is 12.1. The van der Waals surface area contributed by atoms with Crippen LogP contribution < -0.4 is 15.4 Å². The number of rotatable bonds is 6. The number of nitrogens with zero attached hydrogens (tertiary/aromatic N) is 2. The van der Waals surface area contributed by atoms with Crippen LogP contribution in [0.1, 0.15) is 13.8 Å². The van der Waals surface area contributed by atoms with E-state index in [1.165, 1.54) is 0 Å². The molecule has 102 valence electrons. The van der Waals surface area contributed by atoms with Crippen LogP contribution in [0.25, 0.3) is 0 Å². The van der Waals surface area contributed by atoms with Crippen LogP contribution >= 0.6 is 0 Å². The van der Waals surface area contributed by atoms with Crippen LogP contribution in [0.3, 0.4) is 0 Å². The molecule has 0 radical (unpaired) electrons. The van der Waals surface area contributed by atoms with E-state index in [0.29, 0.717) is 5.69 Å². The number of hydrogen-bond donors (Lipinski definition) is 1. The van der Waals surface area contributed by atoms with Gasteiger partial charge in [-0.1, -0.05) is 6.07 Å². The lowest BCUT2D eigenvalue weighted by molar-refractivity contribution is 0.244. The first-order chi connectivity index (χ1) is 8.41. The van der Waals surface area contributed by atoms with Gasteiger partial charge in [0.2, 0.25) is 0 Å².